The van der Waals surface area contributed by atoms with Crippen molar-refractivity contribution in [1.82, 2.24) is 14.7 Å². The minimum atomic E-state index is -0.901. The van der Waals surface area contributed by atoms with Crippen LogP contribution in [-0.4, -0.2) is 37.7 Å². The summed E-state index contributed by atoms with van der Waals surface area (Å²) in [7, 11) is -0.901. The second-order valence-electron chi connectivity index (χ2n) is 5.07. The van der Waals surface area contributed by atoms with Gasteiger partial charge in [0.1, 0.15) is 0 Å². The van der Waals surface area contributed by atoms with Crippen LogP contribution in [0.2, 0.25) is 5.02 Å². The lowest BCUT2D eigenvalue weighted by molar-refractivity contribution is 0.216. The van der Waals surface area contributed by atoms with Gasteiger partial charge in [0.25, 0.3) is 0 Å². The number of nitrogens with zero attached hydrogens (tertiary/aromatic N) is 3. The highest BCUT2D eigenvalue weighted by Crippen LogP contribution is 2.26. The maximum absolute atomic E-state index is 11.3. The average Bonchev–Trinajstić information content (AvgIpc) is 2.50. The van der Waals surface area contributed by atoms with E-state index >= 15 is 0 Å². The van der Waals surface area contributed by atoms with Gasteiger partial charge in [-0.2, -0.15) is 5.10 Å². The van der Waals surface area contributed by atoms with Gasteiger partial charge < -0.3 is 0 Å². The highest BCUT2D eigenvalue weighted by atomic mass is 35.5. The Labute approximate surface area is 116 Å². The van der Waals surface area contributed by atoms with Crippen molar-refractivity contribution < 1.29 is 4.21 Å². The first kappa shape index (κ1) is 14.0. The summed E-state index contributed by atoms with van der Waals surface area (Å²) in [6.07, 6.45) is 2.76. The van der Waals surface area contributed by atoms with Gasteiger partial charge in [-0.3, -0.25) is 13.8 Å². The topological polar surface area (TPSA) is 38.1 Å². The molecule has 6 heteroatoms. The molecule has 0 aliphatic carbocycles. The maximum atomic E-state index is 11.3. The number of rotatable bonds is 3. The Morgan fingerprint density at radius 2 is 2.17 bits per heavy atom. The van der Waals surface area contributed by atoms with Gasteiger partial charge in [-0.1, -0.05) is 11.6 Å². The molecular formula is C12H20ClN3OS. The molecule has 2 rings (SSSR count). The van der Waals surface area contributed by atoms with Gasteiger partial charge in [0.2, 0.25) is 0 Å². The van der Waals surface area contributed by atoms with Crippen LogP contribution in [0.15, 0.2) is 0 Å². The second kappa shape index (κ2) is 5.72. The molecule has 1 atom stereocenters. The molecule has 18 heavy (non-hydrogen) atoms. The summed E-state index contributed by atoms with van der Waals surface area (Å²) in [4.78, 5) is 2.40. The standard InChI is InChI=1S/C12H20ClN3OS/c1-9(2)15-5-4-6-16-11(7-15)12(13)10(14-16)8-18(3)17/h9H,4-8H2,1-3H3. The van der Waals surface area contributed by atoms with Gasteiger partial charge >= 0.3 is 0 Å². The zero-order valence-corrected chi connectivity index (χ0v) is 12.7. The van der Waals surface area contributed by atoms with Gasteiger partial charge in [0.05, 0.1) is 22.2 Å². The molecule has 0 radical (unpaired) electrons. The Balaban J connectivity index is 2.29. The predicted octanol–water partition coefficient (Wildman–Crippen LogP) is 2.03. The summed E-state index contributed by atoms with van der Waals surface area (Å²) in [5.74, 6) is 0.445. The largest absolute Gasteiger partial charge is 0.295 e. The van der Waals surface area contributed by atoms with Crippen molar-refractivity contribution in [2.45, 2.75) is 45.2 Å². The van der Waals surface area contributed by atoms with E-state index in [1.165, 1.54) is 0 Å². The summed E-state index contributed by atoms with van der Waals surface area (Å²) >= 11 is 6.38. The van der Waals surface area contributed by atoms with E-state index in [0.29, 0.717) is 16.8 Å². The molecule has 1 aromatic rings. The number of aromatic nitrogens is 2. The second-order valence-corrected chi connectivity index (χ2v) is 6.88. The van der Waals surface area contributed by atoms with Gasteiger partial charge in [-0.05, 0) is 20.3 Å². The lowest BCUT2D eigenvalue weighted by Gasteiger charge is -2.23. The van der Waals surface area contributed by atoms with Crippen LogP contribution in [0.5, 0.6) is 0 Å². The molecule has 2 heterocycles. The van der Waals surface area contributed by atoms with Crippen LogP contribution in [0.3, 0.4) is 0 Å². The normalized spacial score (nSPS) is 18.7. The first-order valence-corrected chi connectivity index (χ1v) is 8.37. The molecule has 1 aromatic heterocycles. The lowest BCUT2D eigenvalue weighted by Crippen LogP contribution is -2.30. The van der Waals surface area contributed by atoms with Gasteiger partial charge in [0.15, 0.2) is 0 Å². The smallest absolute Gasteiger partial charge is 0.0938 e. The molecular weight excluding hydrogens is 270 g/mol. The van der Waals surface area contributed by atoms with Crippen molar-refractivity contribution in [3.63, 3.8) is 0 Å². The third-order valence-corrected chi connectivity index (χ3v) is 4.41. The zero-order valence-electron chi connectivity index (χ0n) is 11.1. The minimum Gasteiger partial charge on any atom is -0.295 e. The Morgan fingerprint density at radius 1 is 1.44 bits per heavy atom. The zero-order chi connectivity index (χ0) is 13.3. The van der Waals surface area contributed by atoms with Crippen LogP contribution in [0.4, 0.5) is 0 Å². The third kappa shape index (κ3) is 2.95. The molecule has 0 saturated heterocycles. The van der Waals surface area contributed by atoms with E-state index < -0.39 is 10.8 Å². The van der Waals surface area contributed by atoms with E-state index in [0.717, 1.165) is 37.4 Å². The molecule has 0 spiro atoms. The fourth-order valence-electron chi connectivity index (χ4n) is 2.29. The van der Waals surface area contributed by atoms with Crippen molar-refractivity contribution in [3.05, 3.63) is 16.4 Å². The number of aryl methyl sites for hydroxylation is 1. The fourth-order valence-corrected chi connectivity index (χ4v) is 3.21. The van der Waals surface area contributed by atoms with Crippen LogP contribution >= 0.6 is 11.6 Å². The Morgan fingerprint density at radius 3 is 2.78 bits per heavy atom. The maximum Gasteiger partial charge on any atom is 0.0938 e. The van der Waals surface area contributed by atoms with Crippen LogP contribution in [0, 0.1) is 0 Å². The highest BCUT2D eigenvalue weighted by Gasteiger charge is 2.23. The number of hydrogen-bond acceptors (Lipinski definition) is 3. The van der Waals surface area contributed by atoms with Crippen molar-refractivity contribution in [1.29, 1.82) is 0 Å². The summed E-state index contributed by atoms with van der Waals surface area (Å²) in [5, 5.41) is 5.22. The molecule has 4 nitrogen and oxygen atoms in total. The van der Waals surface area contributed by atoms with Crippen LogP contribution in [0.25, 0.3) is 0 Å². The fraction of sp³-hybridized carbons (Fsp3) is 0.750. The third-order valence-electron chi connectivity index (χ3n) is 3.30. The Bertz CT molecular complexity index is 458. The number of halogens is 1. The van der Waals surface area contributed by atoms with Crippen molar-refractivity contribution in [2.24, 2.45) is 0 Å². The molecule has 0 bridgehead atoms. The summed E-state index contributed by atoms with van der Waals surface area (Å²) in [6, 6.07) is 0.506. The summed E-state index contributed by atoms with van der Waals surface area (Å²) in [5.41, 5.74) is 1.85. The first-order chi connectivity index (χ1) is 8.49. The molecule has 102 valence electrons. The van der Waals surface area contributed by atoms with E-state index in [9.17, 15) is 4.21 Å². The molecule has 0 N–H and O–H groups in total. The predicted molar refractivity (Wildman–Crippen MR) is 75.2 cm³/mol. The SMILES string of the molecule is CC(C)N1CCCn2nc(CS(C)=O)c(Cl)c2C1. The first-order valence-electron chi connectivity index (χ1n) is 6.27. The van der Waals surface area contributed by atoms with Gasteiger partial charge in [0, 0.05) is 42.7 Å². The molecule has 1 unspecified atom stereocenters. The van der Waals surface area contributed by atoms with Gasteiger partial charge in [-0.25, -0.2) is 0 Å². The number of fused-ring (bicyclic) bond motifs is 1. The van der Waals surface area contributed by atoms with E-state index in [2.05, 4.69) is 23.8 Å². The van der Waals surface area contributed by atoms with E-state index in [1.54, 1.807) is 6.26 Å². The monoisotopic (exact) mass is 289 g/mol. The van der Waals surface area contributed by atoms with Crippen LogP contribution in [-0.2, 0) is 29.6 Å². The van der Waals surface area contributed by atoms with E-state index in [4.69, 9.17) is 11.6 Å². The van der Waals surface area contributed by atoms with Gasteiger partial charge in [-0.15, -0.1) is 0 Å². The summed E-state index contributed by atoms with van der Waals surface area (Å²) in [6.45, 7) is 7.20. The Hall–Kier alpha value is -0.390. The molecule has 0 fully saturated rings. The molecule has 0 saturated carbocycles. The Kier molecular flexibility index (Phi) is 4.45. The molecule has 1 aliphatic heterocycles. The quantitative estimate of drug-likeness (QED) is 0.854. The average molecular weight is 290 g/mol. The lowest BCUT2D eigenvalue weighted by atomic mass is 10.2. The minimum absolute atomic E-state index is 0.445. The molecule has 0 amide bonds. The van der Waals surface area contributed by atoms with Crippen LogP contribution in [0.1, 0.15) is 31.7 Å². The molecule has 1 aliphatic rings. The number of hydrogen-bond donors (Lipinski definition) is 0. The highest BCUT2D eigenvalue weighted by molar-refractivity contribution is 7.83. The summed E-state index contributed by atoms with van der Waals surface area (Å²) < 4.78 is 13.3. The molecule has 0 aromatic carbocycles. The van der Waals surface area contributed by atoms with Crippen molar-refractivity contribution >= 4 is 22.4 Å². The van der Waals surface area contributed by atoms with Crippen LogP contribution < -0.4 is 0 Å². The van der Waals surface area contributed by atoms with E-state index in [-0.39, 0.29) is 0 Å². The van der Waals surface area contributed by atoms with Crippen molar-refractivity contribution in [3.8, 4) is 0 Å². The van der Waals surface area contributed by atoms with E-state index in [1.807, 2.05) is 4.68 Å². The van der Waals surface area contributed by atoms with Crippen molar-refractivity contribution in [2.75, 3.05) is 12.8 Å².